The summed E-state index contributed by atoms with van der Waals surface area (Å²) in [6.45, 7) is 5.50. The van der Waals surface area contributed by atoms with Gasteiger partial charge in [-0.05, 0) is 51.2 Å². The molecule has 24 heavy (non-hydrogen) atoms. The van der Waals surface area contributed by atoms with Crippen LogP contribution in [0.4, 0.5) is 5.69 Å². The lowest BCUT2D eigenvalue weighted by Gasteiger charge is -2.36. The normalized spacial score (nSPS) is 23.5. The Bertz CT molecular complexity index is 542. The third-order valence-electron chi connectivity index (χ3n) is 5.04. The lowest BCUT2D eigenvalue weighted by atomic mass is 9.80. The lowest BCUT2D eigenvalue weighted by molar-refractivity contribution is -0.0236. The molecule has 1 saturated heterocycles. The molecule has 5 nitrogen and oxygen atoms in total. The summed E-state index contributed by atoms with van der Waals surface area (Å²) in [5, 5.41) is 17.1. The van der Waals surface area contributed by atoms with Gasteiger partial charge in [0.1, 0.15) is 0 Å². The minimum absolute atomic E-state index is 0.382. The topological polar surface area (TPSA) is 59.9 Å². The molecule has 0 amide bonds. The fraction of sp³-hybridized carbons (Fsp3) is 0.632. The summed E-state index contributed by atoms with van der Waals surface area (Å²) in [7, 11) is 0. The van der Waals surface area contributed by atoms with Crippen molar-refractivity contribution in [2.45, 2.75) is 50.7 Å². The van der Waals surface area contributed by atoms with E-state index in [4.69, 9.17) is 0 Å². The molecule has 132 valence electrons. The van der Waals surface area contributed by atoms with Gasteiger partial charge in [0.15, 0.2) is 5.96 Å². The molecule has 3 rings (SSSR count). The highest BCUT2D eigenvalue weighted by Gasteiger charge is 2.34. The van der Waals surface area contributed by atoms with Crippen molar-refractivity contribution in [2.24, 2.45) is 4.99 Å². The number of aliphatic hydroxyl groups is 1. The summed E-state index contributed by atoms with van der Waals surface area (Å²) in [5.41, 5.74) is 0.722. The maximum atomic E-state index is 10.3. The molecule has 1 aromatic carbocycles. The second-order valence-electron chi connectivity index (χ2n) is 7.04. The van der Waals surface area contributed by atoms with Crippen LogP contribution in [0.3, 0.4) is 0 Å². The Balaban J connectivity index is 1.58. The number of piperidine rings is 1. The van der Waals surface area contributed by atoms with Crippen LogP contribution in [0.15, 0.2) is 35.3 Å². The van der Waals surface area contributed by atoms with Gasteiger partial charge in [0, 0.05) is 31.4 Å². The van der Waals surface area contributed by atoms with Crippen LogP contribution in [0.1, 0.15) is 39.0 Å². The molecule has 0 spiro atoms. The van der Waals surface area contributed by atoms with E-state index in [1.165, 1.54) is 12.1 Å². The number of hydrogen-bond donors (Lipinski definition) is 3. The van der Waals surface area contributed by atoms with Gasteiger partial charge in [-0.2, -0.15) is 0 Å². The monoisotopic (exact) mass is 330 g/mol. The van der Waals surface area contributed by atoms with Crippen molar-refractivity contribution in [3.05, 3.63) is 30.3 Å². The predicted octanol–water partition coefficient (Wildman–Crippen LogP) is 2.13. The quantitative estimate of drug-likeness (QED) is 0.572. The van der Waals surface area contributed by atoms with Gasteiger partial charge in [-0.15, -0.1) is 0 Å². The van der Waals surface area contributed by atoms with Crippen LogP contribution in [-0.4, -0.2) is 48.9 Å². The fourth-order valence-corrected chi connectivity index (χ4v) is 3.45. The van der Waals surface area contributed by atoms with E-state index >= 15 is 0 Å². The molecule has 1 aliphatic heterocycles. The average Bonchev–Trinajstić information content (AvgIpc) is 2.59. The van der Waals surface area contributed by atoms with E-state index in [-0.39, 0.29) is 0 Å². The Morgan fingerprint density at radius 1 is 1.29 bits per heavy atom. The zero-order chi connectivity index (χ0) is 16.8. The smallest absolute Gasteiger partial charge is 0.191 e. The lowest BCUT2D eigenvalue weighted by Crippen LogP contribution is -2.52. The summed E-state index contributed by atoms with van der Waals surface area (Å²) < 4.78 is 0. The van der Waals surface area contributed by atoms with Crippen LogP contribution in [0.5, 0.6) is 0 Å². The fourth-order valence-electron chi connectivity index (χ4n) is 3.45. The summed E-state index contributed by atoms with van der Waals surface area (Å²) in [4.78, 5) is 7.06. The first kappa shape index (κ1) is 17.1. The number of guanidine groups is 1. The number of para-hydroxylation sites is 1. The van der Waals surface area contributed by atoms with E-state index in [1.807, 2.05) is 0 Å². The molecule has 1 aliphatic carbocycles. The van der Waals surface area contributed by atoms with E-state index in [9.17, 15) is 5.11 Å². The Labute approximate surface area is 145 Å². The van der Waals surface area contributed by atoms with Crippen LogP contribution in [-0.2, 0) is 0 Å². The molecule has 1 atom stereocenters. The zero-order valence-corrected chi connectivity index (χ0v) is 14.7. The van der Waals surface area contributed by atoms with Crippen molar-refractivity contribution < 1.29 is 5.11 Å². The SMILES string of the molecule is CCNC(=NCC1(O)CCC1)NC1CCCN(c2ccccc2)C1. The number of benzene rings is 1. The Hall–Kier alpha value is -1.75. The van der Waals surface area contributed by atoms with Crippen molar-refractivity contribution in [3.63, 3.8) is 0 Å². The van der Waals surface area contributed by atoms with Crippen LogP contribution in [0.25, 0.3) is 0 Å². The molecule has 2 fully saturated rings. The minimum Gasteiger partial charge on any atom is -0.388 e. The van der Waals surface area contributed by atoms with Crippen LogP contribution in [0.2, 0.25) is 0 Å². The van der Waals surface area contributed by atoms with Gasteiger partial charge in [0.05, 0.1) is 12.1 Å². The maximum Gasteiger partial charge on any atom is 0.191 e. The number of rotatable bonds is 5. The molecule has 0 radical (unpaired) electrons. The molecule has 1 aromatic rings. The van der Waals surface area contributed by atoms with Gasteiger partial charge >= 0.3 is 0 Å². The molecule has 5 heteroatoms. The molecule has 1 unspecified atom stereocenters. The third kappa shape index (κ3) is 4.41. The van der Waals surface area contributed by atoms with Crippen LogP contribution < -0.4 is 15.5 Å². The maximum absolute atomic E-state index is 10.3. The first-order chi connectivity index (χ1) is 11.7. The number of nitrogens with zero attached hydrogens (tertiary/aromatic N) is 2. The van der Waals surface area contributed by atoms with E-state index in [0.717, 1.165) is 51.3 Å². The Morgan fingerprint density at radius 3 is 2.75 bits per heavy atom. The standard InChI is InChI=1S/C19H30N4O/c1-2-20-18(21-15-19(24)11-7-12-19)22-16-8-6-13-23(14-16)17-9-4-3-5-10-17/h3-5,9-10,16,24H,2,6-8,11-15H2,1H3,(H2,20,21,22). The molecule has 3 N–H and O–H groups in total. The molecular formula is C19H30N4O. The van der Waals surface area contributed by atoms with Gasteiger partial charge in [-0.3, -0.25) is 4.99 Å². The number of nitrogens with one attached hydrogen (secondary N) is 2. The largest absolute Gasteiger partial charge is 0.388 e. The highest BCUT2D eigenvalue weighted by Crippen LogP contribution is 2.31. The summed E-state index contributed by atoms with van der Waals surface area (Å²) >= 11 is 0. The van der Waals surface area contributed by atoms with Gasteiger partial charge in [-0.25, -0.2) is 0 Å². The van der Waals surface area contributed by atoms with E-state index in [1.54, 1.807) is 0 Å². The Kier molecular flexibility index (Phi) is 5.61. The van der Waals surface area contributed by atoms with Gasteiger partial charge in [0.25, 0.3) is 0 Å². The highest BCUT2D eigenvalue weighted by molar-refractivity contribution is 5.80. The first-order valence-corrected chi connectivity index (χ1v) is 9.26. The number of hydrogen-bond acceptors (Lipinski definition) is 3. The molecular weight excluding hydrogens is 300 g/mol. The molecule has 0 aromatic heterocycles. The summed E-state index contributed by atoms with van der Waals surface area (Å²) in [6, 6.07) is 11.0. The predicted molar refractivity (Wildman–Crippen MR) is 99.6 cm³/mol. The average molecular weight is 330 g/mol. The van der Waals surface area contributed by atoms with E-state index in [0.29, 0.717) is 12.6 Å². The number of aliphatic imine (C=N–C) groups is 1. The second-order valence-corrected chi connectivity index (χ2v) is 7.04. The van der Waals surface area contributed by atoms with Gasteiger partial charge in [0.2, 0.25) is 0 Å². The van der Waals surface area contributed by atoms with Crippen molar-refractivity contribution >= 4 is 11.6 Å². The molecule has 2 aliphatic rings. The van der Waals surface area contributed by atoms with Crippen molar-refractivity contribution in [1.82, 2.24) is 10.6 Å². The van der Waals surface area contributed by atoms with Crippen LogP contribution in [0, 0.1) is 0 Å². The third-order valence-corrected chi connectivity index (χ3v) is 5.04. The molecule has 0 bridgehead atoms. The summed E-state index contributed by atoms with van der Waals surface area (Å²) in [6.07, 6.45) is 5.20. The van der Waals surface area contributed by atoms with E-state index in [2.05, 4.69) is 57.8 Å². The van der Waals surface area contributed by atoms with Gasteiger partial charge < -0.3 is 20.6 Å². The summed E-state index contributed by atoms with van der Waals surface area (Å²) in [5.74, 6) is 0.831. The Morgan fingerprint density at radius 2 is 2.08 bits per heavy atom. The van der Waals surface area contributed by atoms with Crippen molar-refractivity contribution in [3.8, 4) is 0 Å². The van der Waals surface area contributed by atoms with Crippen molar-refractivity contribution in [2.75, 3.05) is 31.1 Å². The van der Waals surface area contributed by atoms with Gasteiger partial charge in [-0.1, -0.05) is 18.2 Å². The number of anilines is 1. The molecule has 1 saturated carbocycles. The first-order valence-electron chi connectivity index (χ1n) is 9.26. The highest BCUT2D eigenvalue weighted by atomic mass is 16.3. The van der Waals surface area contributed by atoms with Crippen LogP contribution >= 0.6 is 0 Å². The van der Waals surface area contributed by atoms with Crippen molar-refractivity contribution in [1.29, 1.82) is 0 Å². The minimum atomic E-state index is -0.564. The second kappa shape index (κ2) is 7.88. The molecule has 1 heterocycles. The van der Waals surface area contributed by atoms with E-state index < -0.39 is 5.60 Å². The zero-order valence-electron chi connectivity index (χ0n) is 14.7.